The molecule has 1 fully saturated rings. The third-order valence-electron chi connectivity index (χ3n) is 8.10. The van der Waals surface area contributed by atoms with Crippen molar-refractivity contribution in [3.8, 4) is 0 Å². The summed E-state index contributed by atoms with van der Waals surface area (Å²) in [4.78, 5) is 42.4. The summed E-state index contributed by atoms with van der Waals surface area (Å²) < 4.78 is 27.0. The molecule has 1 unspecified atom stereocenters. The predicted molar refractivity (Wildman–Crippen MR) is 160 cm³/mol. The lowest BCUT2D eigenvalue weighted by molar-refractivity contribution is -0.141. The Kier molecular flexibility index (Phi) is 9.06. The molecule has 0 aromatic heterocycles. The third-order valence-corrected chi connectivity index (χ3v) is 9.94. The van der Waals surface area contributed by atoms with E-state index in [-0.39, 0.29) is 41.9 Å². The topological polar surface area (TPSA) is 104 Å². The Labute approximate surface area is 247 Å². The smallest absolute Gasteiger partial charge is 0.269 e. The number of benzene rings is 3. The highest BCUT2D eigenvalue weighted by Crippen LogP contribution is 2.30. The van der Waals surface area contributed by atoms with Gasteiger partial charge in [0.1, 0.15) is 10.9 Å². The molecule has 9 heteroatoms. The zero-order valence-corrected chi connectivity index (χ0v) is 24.7. The number of fused-ring (bicyclic) bond motifs is 1. The zero-order valence-electron chi connectivity index (χ0n) is 23.9. The second kappa shape index (κ2) is 12.9. The molecule has 8 nitrogen and oxygen atoms in total. The van der Waals surface area contributed by atoms with Crippen LogP contribution in [-0.4, -0.2) is 54.0 Å². The molecule has 1 aliphatic heterocycles. The van der Waals surface area contributed by atoms with Gasteiger partial charge in [0.2, 0.25) is 11.8 Å². The van der Waals surface area contributed by atoms with Crippen molar-refractivity contribution in [1.82, 2.24) is 14.5 Å². The van der Waals surface area contributed by atoms with Gasteiger partial charge in [-0.05, 0) is 43.0 Å². The van der Waals surface area contributed by atoms with E-state index >= 15 is 0 Å². The van der Waals surface area contributed by atoms with Crippen LogP contribution in [0.4, 0.5) is 0 Å². The molecule has 5 rings (SSSR count). The van der Waals surface area contributed by atoms with Crippen LogP contribution in [0.5, 0.6) is 0 Å². The van der Waals surface area contributed by atoms with Crippen LogP contribution in [-0.2, 0) is 32.6 Å². The Bertz CT molecular complexity index is 1550. The fourth-order valence-electron chi connectivity index (χ4n) is 5.90. The van der Waals surface area contributed by atoms with E-state index < -0.39 is 27.9 Å². The molecule has 2 aliphatic rings. The standard InChI is InChI=1S/C33H37N3O5S/c1-24-11-10-14-26(21-24)23-35(31(37)19-20-36-33(39)28-17-8-9-18-30(28)42(36,40)41)29(22-25-12-4-2-5-13-25)32(38)34-27-15-6-3-7-16-27/h2,4-5,8-14,17-18,21,27,29H,3,6-7,15-16,19-20,22-23H2,1H3,(H,34,38). The Morgan fingerprint density at radius 3 is 2.33 bits per heavy atom. The third kappa shape index (κ3) is 6.57. The molecule has 1 saturated carbocycles. The van der Waals surface area contributed by atoms with Gasteiger partial charge in [0.15, 0.2) is 0 Å². The molecule has 3 aromatic carbocycles. The summed E-state index contributed by atoms with van der Waals surface area (Å²) in [5.74, 6) is -1.25. The first-order chi connectivity index (χ1) is 20.2. The number of amides is 3. The van der Waals surface area contributed by atoms with Gasteiger partial charge >= 0.3 is 0 Å². The molecule has 0 radical (unpaired) electrons. The van der Waals surface area contributed by atoms with Crippen molar-refractivity contribution in [3.63, 3.8) is 0 Å². The minimum Gasteiger partial charge on any atom is -0.352 e. The summed E-state index contributed by atoms with van der Waals surface area (Å²) in [6, 6.07) is 22.7. The normalized spacial score (nSPS) is 17.0. The summed E-state index contributed by atoms with van der Waals surface area (Å²) in [5, 5.41) is 3.21. The lowest BCUT2D eigenvalue weighted by Gasteiger charge is -2.34. The Morgan fingerprint density at radius 2 is 1.62 bits per heavy atom. The minimum absolute atomic E-state index is 0.0483. The number of nitrogens with zero attached hydrogens (tertiary/aromatic N) is 2. The molecule has 1 aliphatic carbocycles. The monoisotopic (exact) mass is 587 g/mol. The molecule has 0 spiro atoms. The molecule has 42 heavy (non-hydrogen) atoms. The van der Waals surface area contributed by atoms with E-state index in [9.17, 15) is 22.8 Å². The molecule has 1 N–H and O–H groups in total. The van der Waals surface area contributed by atoms with Crippen LogP contribution in [0, 0.1) is 6.92 Å². The number of carbonyl (C=O) groups excluding carboxylic acids is 3. The van der Waals surface area contributed by atoms with E-state index in [1.807, 2.05) is 61.5 Å². The number of hydrogen-bond acceptors (Lipinski definition) is 5. The van der Waals surface area contributed by atoms with Gasteiger partial charge in [-0.15, -0.1) is 0 Å². The summed E-state index contributed by atoms with van der Waals surface area (Å²) >= 11 is 0. The van der Waals surface area contributed by atoms with E-state index in [1.165, 1.54) is 12.1 Å². The van der Waals surface area contributed by atoms with Crippen molar-refractivity contribution in [1.29, 1.82) is 0 Å². The zero-order chi connectivity index (χ0) is 29.7. The second-order valence-corrected chi connectivity index (χ2v) is 13.0. The number of hydrogen-bond donors (Lipinski definition) is 1. The maximum atomic E-state index is 14.0. The van der Waals surface area contributed by atoms with Crippen LogP contribution in [0.15, 0.2) is 83.8 Å². The Balaban J connectivity index is 1.43. The highest BCUT2D eigenvalue weighted by Gasteiger charge is 2.41. The lowest BCUT2D eigenvalue weighted by Crippen LogP contribution is -2.53. The summed E-state index contributed by atoms with van der Waals surface area (Å²) in [5.41, 5.74) is 2.91. The van der Waals surface area contributed by atoms with Crippen LogP contribution >= 0.6 is 0 Å². The number of rotatable bonds is 10. The van der Waals surface area contributed by atoms with Crippen molar-refractivity contribution >= 4 is 27.7 Å². The predicted octanol–water partition coefficient (Wildman–Crippen LogP) is 4.62. The van der Waals surface area contributed by atoms with Crippen LogP contribution in [0.2, 0.25) is 0 Å². The highest BCUT2D eigenvalue weighted by atomic mass is 32.2. The number of sulfonamides is 1. The first-order valence-electron chi connectivity index (χ1n) is 14.6. The van der Waals surface area contributed by atoms with E-state index in [0.717, 1.165) is 53.1 Å². The van der Waals surface area contributed by atoms with Crippen molar-refractivity contribution in [2.75, 3.05) is 6.54 Å². The Morgan fingerprint density at radius 1 is 0.929 bits per heavy atom. The summed E-state index contributed by atoms with van der Waals surface area (Å²) in [6.07, 6.45) is 5.15. The van der Waals surface area contributed by atoms with Crippen LogP contribution < -0.4 is 5.32 Å². The average Bonchev–Trinajstić information content (AvgIpc) is 3.19. The van der Waals surface area contributed by atoms with Crippen LogP contribution in [0.3, 0.4) is 0 Å². The van der Waals surface area contributed by atoms with Gasteiger partial charge < -0.3 is 10.2 Å². The molecule has 3 aromatic rings. The van der Waals surface area contributed by atoms with Gasteiger partial charge in [-0.3, -0.25) is 14.4 Å². The van der Waals surface area contributed by atoms with E-state index in [0.29, 0.717) is 6.42 Å². The Hall–Kier alpha value is -3.98. The van der Waals surface area contributed by atoms with Gasteiger partial charge in [-0.25, -0.2) is 12.7 Å². The minimum atomic E-state index is -4.05. The van der Waals surface area contributed by atoms with E-state index in [1.54, 1.807) is 17.0 Å². The van der Waals surface area contributed by atoms with Gasteiger partial charge in [-0.2, -0.15) is 0 Å². The fourth-order valence-corrected chi connectivity index (χ4v) is 7.47. The first kappa shape index (κ1) is 29.5. The molecule has 1 atom stereocenters. The van der Waals surface area contributed by atoms with Crippen molar-refractivity contribution < 1.29 is 22.8 Å². The quantitative estimate of drug-likeness (QED) is 0.373. The van der Waals surface area contributed by atoms with Crippen molar-refractivity contribution in [3.05, 3.63) is 101 Å². The number of nitrogens with one attached hydrogen (secondary N) is 1. The summed E-state index contributed by atoms with van der Waals surface area (Å²) in [6.45, 7) is 1.84. The average molecular weight is 588 g/mol. The second-order valence-electron chi connectivity index (χ2n) is 11.2. The van der Waals surface area contributed by atoms with Gasteiger partial charge in [0.25, 0.3) is 15.9 Å². The SMILES string of the molecule is Cc1cccc(CN(C(=O)CCN2C(=O)c3ccccc3S2(=O)=O)C(Cc2ccccc2)C(=O)NC2CCCCC2)c1. The summed E-state index contributed by atoms with van der Waals surface area (Å²) in [7, 11) is -4.05. The molecule has 0 bridgehead atoms. The maximum absolute atomic E-state index is 14.0. The van der Waals surface area contributed by atoms with Crippen molar-refractivity contribution in [2.24, 2.45) is 0 Å². The van der Waals surface area contributed by atoms with Gasteiger partial charge in [-0.1, -0.05) is 91.6 Å². The highest BCUT2D eigenvalue weighted by molar-refractivity contribution is 7.90. The van der Waals surface area contributed by atoms with Crippen molar-refractivity contribution in [2.45, 2.75) is 75.4 Å². The lowest BCUT2D eigenvalue weighted by atomic mass is 9.94. The van der Waals surface area contributed by atoms with E-state index in [2.05, 4.69) is 5.32 Å². The molecule has 220 valence electrons. The number of carbonyl (C=O) groups is 3. The molecular weight excluding hydrogens is 550 g/mol. The van der Waals surface area contributed by atoms with Gasteiger partial charge in [0.05, 0.1) is 5.56 Å². The fraction of sp³-hybridized carbons (Fsp3) is 0.364. The molecule has 0 saturated heterocycles. The van der Waals surface area contributed by atoms with Crippen LogP contribution in [0.1, 0.15) is 65.6 Å². The molecular formula is C33H37N3O5S. The largest absolute Gasteiger partial charge is 0.352 e. The molecule has 3 amide bonds. The van der Waals surface area contributed by atoms with E-state index in [4.69, 9.17) is 0 Å². The molecule has 1 heterocycles. The first-order valence-corrected chi connectivity index (χ1v) is 16.0. The maximum Gasteiger partial charge on any atom is 0.269 e. The van der Waals surface area contributed by atoms with Gasteiger partial charge in [0, 0.05) is 32.0 Å². The number of aryl methyl sites for hydroxylation is 1. The van der Waals surface area contributed by atoms with Crippen LogP contribution in [0.25, 0.3) is 0 Å².